The van der Waals surface area contributed by atoms with Crippen LogP contribution in [0, 0.1) is 5.41 Å². The van der Waals surface area contributed by atoms with Crippen molar-refractivity contribution in [1.82, 2.24) is 0 Å². The van der Waals surface area contributed by atoms with Crippen LogP contribution in [0.2, 0.25) is 0 Å². The molecule has 2 atom stereocenters. The average molecular weight is 182 g/mol. The van der Waals surface area contributed by atoms with Gasteiger partial charge in [-0.1, -0.05) is 13.8 Å². The molecule has 2 heteroatoms. The van der Waals surface area contributed by atoms with Gasteiger partial charge in [-0.2, -0.15) is 0 Å². The highest BCUT2D eigenvalue weighted by molar-refractivity contribution is 5.31. The summed E-state index contributed by atoms with van der Waals surface area (Å²) < 4.78 is 11.1. The Hall–Kier alpha value is -0.500. The van der Waals surface area contributed by atoms with Gasteiger partial charge in [0.2, 0.25) is 0 Å². The zero-order valence-corrected chi connectivity index (χ0v) is 8.89. The Morgan fingerprint density at radius 3 is 2.62 bits per heavy atom. The monoisotopic (exact) mass is 182 g/mol. The van der Waals surface area contributed by atoms with Gasteiger partial charge in [0.15, 0.2) is 0 Å². The SMILES string of the molecule is CO/C=C1\C(C)(C)[C@H]2CC[C@]1(C)O2. The molecule has 0 radical (unpaired) electrons. The molecule has 2 heterocycles. The first-order valence-corrected chi connectivity index (χ1v) is 4.92. The van der Waals surface area contributed by atoms with Gasteiger partial charge in [-0.15, -0.1) is 0 Å². The number of hydrogen-bond donors (Lipinski definition) is 0. The van der Waals surface area contributed by atoms with Crippen molar-refractivity contribution < 1.29 is 9.47 Å². The molecule has 0 unspecified atom stereocenters. The predicted octanol–water partition coefficient (Wildman–Crippen LogP) is 2.49. The van der Waals surface area contributed by atoms with Crippen molar-refractivity contribution in [1.29, 1.82) is 0 Å². The number of fused-ring (bicyclic) bond motifs is 2. The molecule has 74 valence electrons. The zero-order chi connectivity index (χ0) is 9.69. The summed E-state index contributed by atoms with van der Waals surface area (Å²) >= 11 is 0. The summed E-state index contributed by atoms with van der Waals surface area (Å²) in [5, 5.41) is 0. The summed E-state index contributed by atoms with van der Waals surface area (Å²) in [6.45, 7) is 6.66. The summed E-state index contributed by atoms with van der Waals surface area (Å²) in [6.07, 6.45) is 4.58. The molecule has 2 fully saturated rings. The fraction of sp³-hybridized carbons (Fsp3) is 0.818. The molecular formula is C11H18O2. The molecule has 0 N–H and O–H groups in total. The van der Waals surface area contributed by atoms with E-state index in [0.717, 1.165) is 6.42 Å². The second kappa shape index (κ2) is 2.50. The number of methoxy groups -OCH3 is 1. The third kappa shape index (κ3) is 1.05. The van der Waals surface area contributed by atoms with Gasteiger partial charge in [-0.05, 0) is 19.8 Å². The second-order valence-corrected chi connectivity index (χ2v) is 4.86. The summed E-state index contributed by atoms with van der Waals surface area (Å²) in [5.74, 6) is 0. The highest BCUT2D eigenvalue weighted by atomic mass is 16.5. The van der Waals surface area contributed by atoms with E-state index in [-0.39, 0.29) is 11.0 Å². The molecule has 2 rings (SSSR count). The van der Waals surface area contributed by atoms with E-state index in [9.17, 15) is 0 Å². The van der Waals surface area contributed by atoms with Crippen LogP contribution < -0.4 is 0 Å². The molecule has 13 heavy (non-hydrogen) atoms. The Bertz CT molecular complexity index is 248. The van der Waals surface area contributed by atoms with Crippen LogP contribution in [0.5, 0.6) is 0 Å². The van der Waals surface area contributed by atoms with Crippen molar-refractivity contribution in [2.24, 2.45) is 5.41 Å². The number of rotatable bonds is 1. The maximum Gasteiger partial charge on any atom is 0.0907 e. The van der Waals surface area contributed by atoms with Crippen LogP contribution in [-0.2, 0) is 9.47 Å². The normalized spacial score (nSPS) is 44.3. The minimum absolute atomic E-state index is 0.0514. The lowest BCUT2D eigenvalue weighted by atomic mass is 9.69. The van der Waals surface area contributed by atoms with Crippen molar-refractivity contribution in [3.63, 3.8) is 0 Å². The summed E-state index contributed by atoms with van der Waals surface area (Å²) in [7, 11) is 1.71. The van der Waals surface area contributed by atoms with Gasteiger partial charge in [0.05, 0.1) is 25.1 Å². The molecule has 2 bridgehead atoms. The maximum atomic E-state index is 5.99. The Balaban J connectivity index is 2.40. The van der Waals surface area contributed by atoms with E-state index in [1.165, 1.54) is 12.0 Å². The van der Waals surface area contributed by atoms with E-state index in [2.05, 4.69) is 20.8 Å². The first-order chi connectivity index (χ1) is 6.00. The van der Waals surface area contributed by atoms with E-state index in [1.807, 2.05) is 6.26 Å². The highest BCUT2D eigenvalue weighted by Crippen LogP contribution is 2.57. The van der Waals surface area contributed by atoms with Crippen molar-refractivity contribution in [2.45, 2.75) is 45.3 Å². The van der Waals surface area contributed by atoms with E-state index < -0.39 is 0 Å². The topological polar surface area (TPSA) is 18.5 Å². The fourth-order valence-electron chi connectivity index (χ4n) is 2.79. The summed E-state index contributed by atoms with van der Waals surface area (Å²) in [5.41, 5.74) is 1.42. The summed E-state index contributed by atoms with van der Waals surface area (Å²) in [4.78, 5) is 0. The predicted molar refractivity (Wildman–Crippen MR) is 51.4 cm³/mol. The number of hydrogen-bond acceptors (Lipinski definition) is 2. The molecule has 0 aliphatic carbocycles. The molecular weight excluding hydrogens is 164 g/mol. The molecule has 0 aromatic carbocycles. The Labute approximate surface area is 79.9 Å². The molecule has 0 amide bonds. The van der Waals surface area contributed by atoms with Gasteiger partial charge < -0.3 is 9.47 Å². The van der Waals surface area contributed by atoms with Crippen LogP contribution in [0.1, 0.15) is 33.6 Å². The highest BCUT2D eigenvalue weighted by Gasteiger charge is 2.57. The van der Waals surface area contributed by atoms with Crippen LogP contribution in [0.3, 0.4) is 0 Å². The molecule has 0 saturated carbocycles. The standard InChI is InChI=1S/C11H18O2/c1-10(2)8(7-12-4)11(3)6-5-9(10)13-11/h7,9H,5-6H2,1-4H3/b8-7+/t9-,11+/m1/s1. The van der Waals surface area contributed by atoms with Crippen LogP contribution in [-0.4, -0.2) is 18.8 Å². The molecule has 0 spiro atoms. The molecule has 2 aliphatic rings. The van der Waals surface area contributed by atoms with Crippen molar-refractivity contribution in [3.8, 4) is 0 Å². The smallest absolute Gasteiger partial charge is 0.0907 e. The third-order valence-electron chi connectivity index (χ3n) is 3.59. The van der Waals surface area contributed by atoms with Gasteiger partial charge in [-0.25, -0.2) is 0 Å². The Morgan fingerprint density at radius 1 is 1.46 bits per heavy atom. The van der Waals surface area contributed by atoms with Crippen LogP contribution in [0.25, 0.3) is 0 Å². The van der Waals surface area contributed by atoms with Gasteiger partial charge in [0.25, 0.3) is 0 Å². The lowest BCUT2D eigenvalue weighted by molar-refractivity contribution is 0.0230. The maximum absolute atomic E-state index is 5.99. The molecule has 2 saturated heterocycles. The molecule has 2 aliphatic heterocycles. The molecule has 0 aromatic rings. The van der Waals surface area contributed by atoms with Crippen LogP contribution in [0.4, 0.5) is 0 Å². The minimum atomic E-state index is -0.0514. The van der Waals surface area contributed by atoms with E-state index in [0.29, 0.717) is 6.10 Å². The van der Waals surface area contributed by atoms with E-state index in [4.69, 9.17) is 9.47 Å². The lowest BCUT2D eigenvalue weighted by Crippen LogP contribution is -2.32. The van der Waals surface area contributed by atoms with Crippen molar-refractivity contribution in [2.75, 3.05) is 7.11 Å². The van der Waals surface area contributed by atoms with Gasteiger partial charge in [0, 0.05) is 11.0 Å². The lowest BCUT2D eigenvalue weighted by Gasteiger charge is -2.32. The molecule has 2 nitrogen and oxygen atoms in total. The number of ether oxygens (including phenoxy) is 2. The Morgan fingerprint density at radius 2 is 2.15 bits per heavy atom. The Kier molecular flexibility index (Phi) is 1.75. The van der Waals surface area contributed by atoms with E-state index in [1.54, 1.807) is 7.11 Å². The molecule has 0 aromatic heterocycles. The average Bonchev–Trinajstić information content (AvgIpc) is 2.50. The first kappa shape index (κ1) is 9.07. The van der Waals surface area contributed by atoms with Crippen LogP contribution >= 0.6 is 0 Å². The van der Waals surface area contributed by atoms with Crippen LogP contribution in [0.15, 0.2) is 11.8 Å². The first-order valence-electron chi connectivity index (χ1n) is 4.92. The van der Waals surface area contributed by atoms with Crippen molar-refractivity contribution >= 4 is 0 Å². The summed E-state index contributed by atoms with van der Waals surface area (Å²) in [6, 6.07) is 0. The minimum Gasteiger partial charge on any atom is -0.504 e. The van der Waals surface area contributed by atoms with Gasteiger partial charge >= 0.3 is 0 Å². The third-order valence-corrected chi connectivity index (χ3v) is 3.59. The second-order valence-electron chi connectivity index (χ2n) is 4.86. The van der Waals surface area contributed by atoms with Gasteiger partial charge in [-0.3, -0.25) is 0 Å². The largest absolute Gasteiger partial charge is 0.504 e. The fourth-order valence-corrected chi connectivity index (χ4v) is 2.79. The van der Waals surface area contributed by atoms with Gasteiger partial charge in [0.1, 0.15) is 0 Å². The van der Waals surface area contributed by atoms with E-state index >= 15 is 0 Å². The van der Waals surface area contributed by atoms with Crippen molar-refractivity contribution in [3.05, 3.63) is 11.8 Å². The zero-order valence-electron chi connectivity index (χ0n) is 8.89. The quantitative estimate of drug-likeness (QED) is 0.580.